The molecule has 1 unspecified atom stereocenters. The van der Waals surface area contributed by atoms with Gasteiger partial charge in [0.25, 0.3) is 0 Å². The Morgan fingerprint density at radius 3 is 2.90 bits per heavy atom. The predicted octanol–water partition coefficient (Wildman–Crippen LogP) is 5.06. The van der Waals surface area contributed by atoms with Gasteiger partial charge in [-0.15, -0.1) is 0 Å². The molecule has 154 valence electrons. The van der Waals surface area contributed by atoms with Gasteiger partial charge in [0.15, 0.2) is 11.5 Å². The Balaban J connectivity index is 1.74. The van der Waals surface area contributed by atoms with Crippen molar-refractivity contribution in [1.29, 1.82) is 0 Å². The van der Waals surface area contributed by atoms with Crippen LogP contribution in [0.3, 0.4) is 0 Å². The molecule has 4 rings (SSSR count). The van der Waals surface area contributed by atoms with E-state index in [-0.39, 0.29) is 5.83 Å². The maximum atomic E-state index is 15.0. The topological polar surface area (TPSA) is 68.5 Å². The van der Waals surface area contributed by atoms with Crippen LogP contribution in [0.15, 0.2) is 53.7 Å². The number of carbonyl (C=O) groups is 1. The third-order valence-corrected chi connectivity index (χ3v) is 5.88. The van der Waals surface area contributed by atoms with Crippen LogP contribution in [0.1, 0.15) is 41.4 Å². The molecular weight excluding hydrogens is 402 g/mol. The summed E-state index contributed by atoms with van der Waals surface area (Å²) in [4.78, 5) is 20.1. The molecule has 1 aliphatic rings. The van der Waals surface area contributed by atoms with Gasteiger partial charge in [-0.05, 0) is 36.6 Å². The number of aryl methyl sites for hydroxylation is 1. The van der Waals surface area contributed by atoms with Gasteiger partial charge < -0.3 is 10.1 Å². The first kappa shape index (κ1) is 20.2. The molecule has 1 N–H and O–H groups in total. The van der Waals surface area contributed by atoms with Crippen LogP contribution in [0.4, 0.5) is 15.9 Å². The minimum atomic E-state index is -0.298. The summed E-state index contributed by atoms with van der Waals surface area (Å²) in [5, 5.41) is 3.72. The van der Waals surface area contributed by atoms with E-state index in [4.69, 9.17) is 4.74 Å². The number of imidazole rings is 1. The monoisotopic (exact) mass is 424 g/mol. The summed E-state index contributed by atoms with van der Waals surface area (Å²) in [5.41, 5.74) is 4.31. The largest absolute Gasteiger partial charge is 0.500 e. The lowest BCUT2D eigenvalue weighted by Crippen LogP contribution is -2.04. The van der Waals surface area contributed by atoms with Crippen molar-refractivity contribution in [2.75, 3.05) is 12.4 Å². The van der Waals surface area contributed by atoms with E-state index < -0.39 is 0 Å². The summed E-state index contributed by atoms with van der Waals surface area (Å²) in [6.45, 7) is 2.00. The lowest BCUT2D eigenvalue weighted by molar-refractivity contribution is 0.112. The summed E-state index contributed by atoms with van der Waals surface area (Å²) in [6.07, 6.45) is 7.85. The Hall–Kier alpha value is -3.05. The normalized spacial score (nSPS) is 14.4. The zero-order valence-corrected chi connectivity index (χ0v) is 17.9. The number of nitrogens with zero attached hydrogens (tertiary/aromatic N) is 3. The van der Waals surface area contributed by atoms with Crippen LogP contribution in [-0.2, 0) is 11.2 Å². The first-order valence-corrected chi connectivity index (χ1v) is 10.2. The van der Waals surface area contributed by atoms with Crippen LogP contribution in [-0.4, -0.2) is 27.8 Å². The fraction of sp³-hybridized carbons (Fsp3) is 0.227. The van der Waals surface area contributed by atoms with E-state index >= 15 is 0 Å². The van der Waals surface area contributed by atoms with Gasteiger partial charge >= 0.3 is 0 Å². The van der Waals surface area contributed by atoms with E-state index in [2.05, 4.69) is 24.5 Å². The number of anilines is 2. The summed E-state index contributed by atoms with van der Waals surface area (Å²) in [5.74, 6) is 0.901. The Morgan fingerprint density at radius 2 is 2.17 bits per heavy atom. The van der Waals surface area contributed by atoms with Crippen LogP contribution < -0.4 is 5.32 Å². The van der Waals surface area contributed by atoms with Crippen molar-refractivity contribution in [3.8, 4) is 0 Å². The van der Waals surface area contributed by atoms with Gasteiger partial charge in [-0.25, -0.2) is 14.4 Å². The lowest BCUT2D eigenvalue weighted by Gasteiger charge is -2.19. The molecule has 2 aromatic heterocycles. The molecule has 0 spiro atoms. The first-order valence-electron chi connectivity index (χ1n) is 9.66. The second kappa shape index (κ2) is 8.36. The first-order chi connectivity index (χ1) is 14.6. The molecule has 0 bridgehead atoms. The zero-order chi connectivity index (χ0) is 21.3. The van der Waals surface area contributed by atoms with Crippen molar-refractivity contribution in [2.24, 2.45) is 0 Å². The minimum Gasteiger partial charge on any atom is -0.500 e. The molecule has 0 aliphatic heterocycles. The fourth-order valence-corrected chi connectivity index (χ4v) is 4.13. The van der Waals surface area contributed by atoms with Crippen LogP contribution in [0.2, 0.25) is 0 Å². The van der Waals surface area contributed by atoms with Crippen LogP contribution in [0, 0.1) is 0 Å². The number of nitrogens with one attached hydrogen (secondary N) is 1. The number of carbonyl (C=O) groups excluding carboxylic acids is 1. The molecule has 0 saturated carbocycles. The lowest BCUT2D eigenvalue weighted by atomic mass is 10.00. The fourth-order valence-electron chi connectivity index (χ4n) is 3.69. The Morgan fingerprint density at radius 1 is 1.33 bits per heavy atom. The average molecular weight is 424 g/mol. The maximum absolute atomic E-state index is 15.0. The van der Waals surface area contributed by atoms with Gasteiger partial charge in [-0.3, -0.25) is 9.20 Å². The summed E-state index contributed by atoms with van der Waals surface area (Å²) < 4.78 is 22.1. The molecule has 1 aromatic carbocycles. The molecule has 2 heterocycles. The molecule has 0 amide bonds. The highest BCUT2D eigenvalue weighted by Gasteiger charge is 2.24. The van der Waals surface area contributed by atoms with E-state index in [0.717, 1.165) is 24.0 Å². The second-order valence-corrected chi connectivity index (χ2v) is 7.53. The standard InChI is InChI=1S/C22H22FN4O2P/c1-3-13-10-15(5-4-14(13)12-28)26-21-22-25-11-17(27(22)9-8-24-21)16-6-7-18(29-2)20(30)19(16)23/h4-5,8-12H,3,6-7,30H2,1-2H3,(H,24,26). The van der Waals surface area contributed by atoms with Crippen molar-refractivity contribution in [3.63, 3.8) is 0 Å². The average Bonchev–Trinajstić information content (AvgIpc) is 3.20. The summed E-state index contributed by atoms with van der Waals surface area (Å²) in [6, 6.07) is 5.55. The molecule has 6 nitrogen and oxygen atoms in total. The van der Waals surface area contributed by atoms with Crippen molar-refractivity contribution >= 4 is 38.3 Å². The van der Waals surface area contributed by atoms with E-state index in [0.29, 0.717) is 52.2 Å². The zero-order valence-electron chi connectivity index (χ0n) is 16.8. The third kappa shape index (κ3) is 3.50. The second-order valence-electron chi connectivity index (χ2n) is 6.96. The molecular formula is C22H22FN4O2P. The smallest absolute Gasteiger partial charge is 0.180 e. The van der Waals surface area contributed by atoms with Crippen LogP contribution in [0.25, 0.3) is 11.2 Å². The van der Waals surface area contributed by atoms with Gasteiger partial charge in [0.2, 0.25) is 0 Å². The number of hydrogen-bond donors (Lipinski definition) is 1. The molecule has 1 atom stereocenters. The number of halogens is 1. The number of aromatic nitrogens is 3. The van der Waals surface area contributed by atoms with Gasteiger partial charge in [-0.1, -0.05) is 16.2 Å². The molecule has 0 fully saturated rings. The Labute approximate surface area is 176 Å². The quantitative estimate of drug-likeness (QED) is 0.443. The van der Waals surface area contributed by atoms with E-state index in [9.17, 15) is 9.18 Å². The molecule has 0 saturated heterocycles. The molecule has 1 aliphatic carbocycles. The van der Waals surface area contributed by atoms with Crippen LogP contribution in [0.5, 0.6) is 0 Å². The maximum Gasteiger partial charge on any atom is 0.180 e. The molecule has 8 heteroatoms. The van der Waals surface area contributed by atoms with E-state index in [1.165, 1.54) is 0 Å². The summed E-state index contributed by atoms with van der Waals surface area (Å²) >= 11 is 0. The number of allylic oxidation sites excluding steroid dienone is 4. The van der Waals surface area contributed by atoms with E-state index in [1.54, 1.807) is 31.8 Å². The molecule has 30 heavy (non-hydrogen) atoms. The highest BCUT2D eigenvalue weighted by molar-refractivity contribution is 7.23. The number of aldehydes is 1. The number of benzene rings is 1. The number of methoxy groups -OCH3 is 1. The van der Waals surface area contributed by atoms with Gasteiger partial charge in [0.05, 0.1) is 19.0 Å². The van der Waals surface area contributed by atoms with Crippen molar-refractivity contribution in [1.82, 2.24) is 14.4 Å². The van der Waals surface area contributed by atoms with Crippen molar-refractivity contribution in [2.45, 2.75) is 26.2 Å². The van der Waals surface area contributed by atoms with Crippen molar-refractivity contribution < 1.29 is 13.9 Å². The number of hydrogen-bond acceptors (Lipinski definition) is 5. The van der Waals surface area contributed by atoms with Crippen molar-refractivity contribution in [3.05, 3.63) is 70.5 Å². The minimum absolute atomic E-state index is 0.298. The predicted molar refractivity (Wildman–Crippen MR) is 118 cm³/mol. The molecule has 0 radical (unpaired) electrons. The number of rotatable bonds is 6. The third-order valence-electron chi connectivity index (χ3n) is 5.30. The van der Waals surface area contributed by atoms with Gasteiger partial charge in [0.1, 0.15) is 17.9 Å². The SMILES string of the molecule is CCc1cc(Nc2nccn3c(C4=C(F)C(P)=C(OC)CC4)cnc23)ccc1C=O. The summed E-state index contributed by atoms with van der Waals surface area (Å²) in [7, 11) is 3.99. The highest BCUT2D eigenvalue weighted by Crippen LogP contribution is 2.40. The van der Waals surface area contributed by atoms with Gasteiger partial charge in [0, 0.05) is 41.0 Å². The number of ether oxygens (including phenoxy) is 1. The highest BCUT2D eigenvalue weighted by atomic mass is 31.0. The van der Waals surface area contributed by atoms with E-state index in [1.807, 2.05) is 23.5 Å². The Bertz CT molecular complexity index is 1200. The van der Waals surface area contributed by atoms with Gasteiger partial charge in [-0.2, -0.15) is 0 Å². The number of fused-ring (bicyclic) bond motifs is 1. The molecule has 3 aromatic rings. The van der Waals surface area contributed by atoms with Crippen LogP contribution >= 0.6 is 9.24 Å². The Kier molecular flexibility index (Phi) is 5.64.